The van der Waals surface area contributed by atoms with Gasteiger partial charge in [0.1, 0.15) is 0 Å². The minimum absolute atomic E-state index is 0.654. The van der Waals surface area contributed by atoms with Crippen LogP contribution < -0.4 is 0 Å². The molecule has 0 unspecified atom stereocenters. The fourth-order valence-electron chi connectivity index (χ4n) is 6.15. The topological polar surface area (TPSA) is 38.7 Å². The Kier molecular flexibility index (Phi) is 6.47. The third kappa shape index (κ3) is 4.52. The summed E-state index contributed by atoms with van der Waals surface area (Å²) in [6.07, 6.45) is 0. The van der Waals surface area contributed by atoms with Crippen molar-refractivity contribution in [3.05, 3.63) is 164 Å². The Morgan fingerprint density at radius 3 is 1.07 bits per heavy atom. The lowest BCUT2D eigenvalue weighted by molar-refractivity contribution is 1.08. The fraction of sp³-hybridized carbons (Fsp3) is 0. The average Bonchev–Trinajstić information content (AvgIpc) is 3.11. The molecule has 0 aliphatic heterocycles. The largest absolute Gasteiger partial charge is 0.208 e. The number of hydrogen-bond acceptors (Lipinski definition) is 3. The number of benzene rings is 7. The number of aromatic nitrogens is 3. The Labute approximate surface area is 256 Å². The quantitative estimate of drug-likeness (QED) is 0.196. The first-order valence-electron chi connectivity index (χ1n) is 14.8. The van der Waals surface area contributed by atoms with Crippen LogP contribution in [0.25, 0.3) is 78.0 Å². The number of rotatable bonds is 5. The van der Waals surface area contributed by atoms with Crippen molar-refractivity contribution in [2.75, 3.05) is 0 Å². The van der Waals surface area contributed by atoms with E-state index < -0.39 is 0 Å². The molecule has 7 aromatic carbocycles. The molecule has 0 saturated heterocycles. The summed E-state index contributed by atoms with van der Waals surface area (Å²) in [6, 6.07) is 56.9. The van der Waals surface area contributed by atoms with Crippen LogP contribution in [0, 0.1) is 0 Å². The third-order valence-electron chi connectivity index (χ3n) is 8.14. The summed E-state index contributed by atoms with van der Waals surface area (Å²) < 4.78 is 0. The summed E-state index contributed by atoms with van der Waals surface area (Å²) in [7, 11) is 0. The predicted octanol–water partition coefficient (Wildman–Crippen LogP) is 10.5. The van der Waals surface area contributed by atoms with Crippen LogP contribution in [0.1, 0.15) is 0 Å². The maximum atomic E-state index is 5.14. The molecule has 3 heteroatoms. The Balaban J connectivity index is 1.47. The van der Waals surface area contributed by atoms with E-state index in [-0.39, 0.29) is 0 Å². The van der Waals surface area contributed by atoms with Gasteiger partial charge >= 0.3 is 0 Å². The van der Waals surface area contributed by atoms with Gasteiger partial charge in [0.25, 0.3) is 0 Å². The summed E-state index contributed by atoms with van der Waals surface area (Å²) in [6.45, 7) is 0. The normalized spacial score (nSPS) is 11.2. The molecule has 0 spiro atoms. The van der Waals surface area contributed by atoms with Gasteiger partial charge < -0.3 is 0 Å². The summed E-state index contributed by atoms with van der Waals surface area (Å²) in [5.41, 5.74) is 7.72. The van der Waals surface area contributed by atoms with Crippen molar-refractivity contribution >= 4 is 21.5 Å². The lowest BCUT2D eigenvalue weighted by atomic mass is 9.85. The Morgan fingerprint density at radius 1 is 0.250 bits per heavy atom. The van der Waals surface area contributed by atoms with Gasteiger partial charge in [-0.1, -0.05) is 164 Å². The molecule has 0 atom stereocenters. The molecule has 3 nitrogen and oxygen atoms in total. The molecular formula is C41H27N3. The first kappa shape index (κ1) is 25.8. The van der Waals surface area contributed by atoms with E-state index in [0.717, 1.165) is 38.2 Å². The molecule has 0 radical (unpaired) electrons. The highest BCUT2D eigenvalue weighted by atomic mass is 15.0. The maximum Gasteiger partial charge on any atom is 0.165 e. The van der Waals surface area contributed by atoms with E-state index in [4.69, 9.17) is 15.0 Å². The van der Waals surface area contributed by atoms with Gasteiger partial charge in [-0.15, -0.1) is 0 Å². The Bertz CT molecular complexity index is 2150. The molecule has 0 N–H and O–H groups in total. The zero-order valence-corrected chi connectivity index (χ0v) is 23.9. The van der Waals surface area contributed by atoms with Crippen LogP contribution in [0.4, 0.5) is 0 Å². The minimum Gasteiger partial charge on any atom is -0.208 e. The lowest BCUT2D eigenvalue weighted by Crippen LogP contribution is -2.01. The molecule has 1 heterocycles. The average molecular weight is 562 g/mol. The van der Waals surface area contributed by atoms with Crippen LogP contribution in [0.2, 0.25) is 0 Å². The number of nitrogens with zero attached hydrogens (tertiary/aromatic N) is 3. The summed E-state index contributed by atoms with van der Waals surface area (Å²) >= 11 is 0. The smallest absolute Gasteiger partial charge is 0.165 e. The molecule has 0 aliphatic carbocycles. The first-order valence-corrected chi connectivity index (χ1v) is 14.8. The second kappa shape index (κ2) is 11.0. The summed E-state index contributed by atoms with van der Waals surface area (Å²) in [4.78, 5) is 15.2. The van der Waals surface area contributed by atoms with Gasteiger partial charge in [0.2, 0.25) is 0 Å². The van der Waals surface area contributed by atoms with Crippen molar-refractivity contribution < 1.29 is 0 Å². The van der Waals surface area contributed by atoms with Gasteiger partial charge in [-0.2, -0.15) is 0 Å². The van der Waals surface area contributed by atoms with Gasteiger partial charge in [0.05, 0.1) is 0 Å². The van der Waals surface area contributed by atoms with Crippen molar-refractivity contribution in [1.29, 1.82) is 0 Å². The van der Waals surface area contributed by atoms with Crippen molar-refractivity contribution in [1.82, 2.24) is 15.0 Å². The van der Waals surface area contributed by atoms with Crippen LogP contribution in [-0.2, 0) is 0 Å². The second-order valence-electron chi connectivity index (χ2n) is 10.8. The van der Waals surface area contributed by atoms with Crippen LogP contribution in [-0.4, -0.2) is 15.0 Å². The lowest BCUT2D eigenvalue weighted by Gasteiger charge is -2.19. The molecule has 8 rings (SSSR count). The SMILES string of the molecule is c1ccc(-c2nc(-c3ccccc3)nc(-c3c4ccccc4c(-c4ccccc4-c4ccccc4)c4ccccc34)n2)cc1. The van der Waals surface area contributed by atoms with Gasteiger partial charge in [0.15, 0.2) is 17.5 Å². The molecule has 1 aromatic heterocycles. The standard InChI is InChI=1S/C41H27N3/c1-4-16-28(17-5-1)31-22-10-11-23-32(31)37-33-24-12-14-26-35(33)38(36-27-15-13-25-34(36)37)41-43-39(29-18-6-2-7-19-29)42-40(44-41)30-20-8-3-9-21-30/h1-27H. The van der Waals surface area contributed by atoms with Gasteiger partial charge in [-0.05, 0) is 43.8 Å². The van der Waals surface area contributed by atoms with E-state index in [2.05, 4.69) is 103 Å². The van der Waals surface area contributed by atoms with E-state index in [0.29, 0.717) is 17.5 Å². The predicted molar refractivity (Wildman–Crippen MR) is 182 cm³/mol. The highest BCUT2D eigenvalue weighted by Crippen LogP contribution is 2.45. The zero-order chi connectivity index (χ0) is 29.3. The second-order valence-corrected chi connectivity index (χ2v) is 10.8. The van der Waals surface area contributed by atoms with Crippen molar-refractivity contribution in [2.45, 2.75) is 0 Å². The van der Waals surface area contributed by atoms with Gasteiger partial charge in [0, 0.05) is 16.7 Å². The van der Waals surface area contributed by atoms with Crippen molar-refractivity contribution in [3.8, 4) is 56.4 Å². The molecule has 0 saturated carbocycles. The van der Waals surface area contributed by atoms with E-state index in [1.54, 1.807) is 0 Å². The Morgan fingerprint density at radius 2 is 0.591 bits per heavy atom. The molecular weight excluding hydrogens is 534 g/mol. The minimum atomic E-state index is 0.654. The first-order chi connectivity index (χ1) is 21.8. The molecule has 44 heavy (non-hydrogen) atoms. The number of hydrogen-bond donors (Lipinski definition) is 0. The van der Waals surface area contributed by atoms with Crippen LogP contribution in [0.5, 0.6) is 0 Å². The van der Waals surface area contributed by atoms with Gasteiger partial charge in [-0.25, -0.2) is 15.0 Å². The van der Waals surface area contributed by atoms with E-state index in [1.807, 2.05) is 60.7 Å². The summed E-state index contributed by atoms with van der Waals surface area (Å²) in [5.74, 6) is 1.97. The van der Waals surface area contributed by atoms with E-state index in [1.165, 1.54) is 22.3 Å². The van der Waals surface area contributed by atoms with Crippen LogP contribution in [0.3, 0.4) is 0 Å². The highest BCUT2D eigenvalue weighted by molar-refractivity contribution is 6.21. The number of fused-ring (bicyclic) bond motifs is 2. The highest BCUT2D eigenvalue weighted by Gasteiger charge is 2.21. The van der Waals surface area contributed by atoms with Crippen molar-refractivity contribution in [3.63, 3.8) is 0 Å². The van der Waals surface area contributed by atoms with E-state index in [9.17, 15) is 0 Å². The third-order valence-corrected chi connectivity index (χ3v) is 8.14. The molecule has 0 amide bonds. The molecule has 0 fully saturated rings. The summed E-state index contributed by atoms with van der Waals surface area (Å²) in [5, 5.41) is 4.53. The molecule has 8 aromatic rings. The monoisotopic (exact) mass is 561 g/mol. The molecule has 0 aliphatic rings. The van der Waals surface area contributed by atoms with Crippen LogP contribution in [0.15, 0.2) is 164 Å². The van der Waals surface area contributed by atoms with Crippen LogP contribution >= 0.6 is 0 Å². The Hall–Kier alpha value is -5.93. The van der Waals surface area contributed by atoms with Crippen molar-refractivity contribution in [2.24, 2.45) is 0 Å². The fourth-order valence-corrected chi connectivity index (χ4v) is 6.15. The maximum absolute atomic E-state index is 5.14. The zero-order valence-electron chi connectivity index (χ0n) is 23.9. The molecule has 206 valence electrons. The van der Waals surface area contributed by atoms with Gasteiger partial charge in [-0.3, -0.25) is 0 Å². The van der Waals surface area contributed by atoms with E-state index >= 15 is 0 Å². The molecule has 0 bridgehead atoms.